The average Bonchev–Trinajstić information content (AvgIpc) is 2.47. The van der Waals surface area contributed by atoms with Gasteiger partial charge >= 0.3 is 0 Å². The van der Waals surface area contributed by atoms with Crippen LogP contribution in [0, 0.1) is 6.92 Å². The lowest BCUT2D eigenvalue weighted by molar-refractivity contribution is 0.0378. The van der Waals surface area contributed by atoms with E-state index in [2.05, 4.69) is 5.16 Å². The van der Waals surface area contributed by atoms with Crippen LogP contribution in [0.15, 0.2) is 34.3 Å². The summed E-state index contributed by atoms with van der Waals surface area (Å²) in [4.78, 5) is 0.223. The van der Waals surface area contributed by atoms with Gasteiger partial charge in [0.1, 0.15) is 6.10 Å². The van der Waals surface area contributed by atoms with E-state index < -0.39 is 16.1 Å². The molecule has 0 aliphatic carbocycles. The summed E-state index contributed by atoms with van der Waals surface area (Å²) < 4.78 is 31.5. The Morgan fingerprint density at radius 1 is 1.45 bits per heavy atom. The SMILES string of the molecule is Cc1ccc(S(=O)(=O)N2CCO[C@@H](/C(Cl)=N/O)C2)cc1. The molecule has 20 heavy (non-hydrogen) atoms. The molecule has 1 saturated heterocycles. The Labute approximate surface area is 122 Å². The third-order valence-electron chi connectivity index (χ3n) is 3.05. The summed E-state index contributed by atoms with van der Waals surface area (Å²) in [6.45, 7) is 2.35. The van der Waals surface area contributed by atoms with Crippen molar-refractivity contribution in [3.05, 3.63) is 29.8 Å². The zero-order chi connectivity index (χ0) is 14.8. The Balaban J connectivity index is 2.23. The summed E-state index contributed by atoms with van der Waals surface area (Å²) in [6, 6.07) is 6.62. The fourth-order valence-electron chi connectivity index (χ4n) is 1.91. The maximum Gasteiger partial charge on any atom is 0.243 e. The van der Waals surface area contributed by atoms with Gasteiger partial charge in [-0.25, -0.2) is 8.42 Å². The highest BCUT2D eigenvalue weighted by Gasteiger charge is 2.32. The maximum absolute atomic E-state index is 12.5. The lowest BCUT2D eigenvalue weighted by Gasteiger charge is -2.31. The Kier molecular flexibility index (Phi) is 4.64. The molecular weight excluding hydrogens is 304 g/mol. The van der Waals surface area contributed by atoms with E-state index in [1.807, 2.05) is 6.92 Å². The highest BCUT2D eigenvalue weighted by Crippen LogP contribution is 2.20. The summed E-state index contributed by atoms with van der Waals surface area (Å²) in [7, 11) is -3.60. The molecule has 1 aliphatic rings. The number of oxime groups is 1. The highest BCUT2D eigenvalue weighted by molar-refractivity contribution is 7.89. The molecule has 2 rings (SSSR count). The number of rotatable bonds is 3. The van der Waals surface area contributed by atoms with Gasteiger partial charge in [0.05, 0.1) is 11.5 Å². The number of morpholine rings is 1. The zero-order valence-corrected chi connectivity index (χ0v) is 12.4. The number of ether oxygens (including phenoxy) is 1. The standard InChI is InChI=1S/C12H15ClN2O4S/c1-9-2-4-10(5-3-9)20(17,18)15-6-7-19-11(8-15)12(13)14-16/h2-5,11,16H,6-8H2,1H3/b14-12-/t11-/m1/s1. The molecular formula is C12H15ClN2O4S. The maximum atomic E-state index is 12.5. The van der Waals surface area contributed by atoms with Crippen molar-refractivity contribution in [1.29, 1.82) is 0 Å². The van der Waals surface area contributed by atoms with Crippen LogP contribution in [0.1, 0.15) is 5.56 Å². The summed E-state index contributed by atoms with van der Waals surface area (Å²) in [6.07, 6.45) is -0.740. The molecule has 0 amide bonds. The number of nitrogens with zero attached hydrogens (tertiary/aromatic N) is 2. The molecule has 0 bridgehead atoms. The van der Waals surface area contributed by atoms with Gasteiger partial charge in [-0.1, -0.05) is 34.5 Å². The Morgan fingerprint density at radius 3 is 2.70 bits per heavy atom. The molecule has 0 unspecified atom stereocenters. The molecule has 1 fully saturated rings. The fraction of sp³-hybridized carbons (Fsp3) is 0.417. The lowest BCUT2D eigenvalue weighted by atomic mass is 10.2. The summed E-state index contributed by atoms with van der Waals surface area (Å²) in [5.41, 5.74) is 0.985. The van der Waals surface area contributed by atoms with Crippen molar-refractivity contribution in [2.24, 2.45) is 5.16 Å². The first-order valence-electron chi connectivity index (χ1n) is 6.01. The van der Waals surface area contributed by atoms with Crippen molar-refractivity contribution in [2.75, 3.05) is 19.7 Å². The molecule has 0 aromatic heterocycles. The van der Waals surface area contributed by atoms with Crippen LogP contribution < -0.4 is 0 Å². The van der Waals surface area contributed by atoms with Crippen LogP contribution in [0.2, 0.25) is 0 Å². The largest absolute Gasteiger partial charge is 0.410 e. The minimum absolute atomic E-state index is 0.0269. The molecule has 110 valence electrons. The van der Waals surface area contributed by atoms with Crippen molar-refractivity contribution in [3.8, 4) is 0 Å². The molecule has 1 aliphatic heterocycles. The molecule has 0 saturated carbocycles. The van der Waals surface area contributed by atoms with E-state index in [9.17, 15) is 8.42 Å². The van der Waals surface area contributed by atoms with Gasteiger partial charge in [0, 0.05) is 13.1 Å². The van der Waals surface area contributed by atoms with Crippen molar-refractivity contribution < 1.29 is 18.4 Å². The second kappa shape index (κ2) is 6.09. The van der Waals surface area contributed by atoms with Crippen LogP contribution in [0.25, 0.3) is 0 Å². The zero-order valence-electron chi connectivity index (χ0n) is 10.9. The summed E-state index contributed by atoms with van der Waals surface area (Å²) >= 11 is 5.68. The smallest absolute Gasteiger partial charge is 0.243 e. The molecule has 0 radical (unpaired) electrons. The van der Waals surface area contributed by atoms with Gasteiger partial charge in [-0.05, 0) is 19.1 Å². The van der Waals surface area contributed by atoms with Crippen LogP contribution in [0.4, 0.5) is 0 Å². The van der Waals surface area contributed by atoms with E-state index >= 15 is 0 Å². The number of hydrogen-bond acceptors (Lipinski definition) is 5. The molecule has 1 atom stereocenters. The van der Waals surface area contributed by atoms with Crippen LogP contribution in [-0.2, 0) is 14.8 Å². The Morgan fingerprint density at radius 2 is 2.10 bits per heavy atom. The van der Waals surface area contributed by atoms with Gasteiger partial charge in [0.2, 0.25) is 10.0 Å². The van der Waals surface area contributed by atoms with E-state index in [1.165, 1.54) is 4.31 Å². The Hall–Kier alpha value is -1.15. The predicted octanol–water partition coefficient (Wildman–Crippen LogP) is 1.41. The Bertz CT molecular complexity index is 600. The van der Waals surface area contributed by atoms with Crippen molar-refractivity contribution >= 4 is 26.8 Å². The van der Waals surface area contributed by atoms with E-state index in [0.717, 1.165) is 5.56 Å². The van der Waals surface area contributed by atoms with Gasteiger partial charge in [-0.2, -0.15) is 4.31 Å². The average molecular weight is 319 g/mol. The van der Waals surface area contributed by atoms with Crippen molar-refractivity contribution in [3.63, 3.8) is 0 Å². The molecule has 1 aromatic rings. The predicted molar refractivity (Wildman–Crippen MR) is 74.8 cm³/mol. The van der Waals surface area contributed by atoms with Crippen LogP contribution >= 0.6 is 11.6 Å². The lowest BCUT2D eigenvalue weighted by Crippen LogP contribution is -2.47. The van der Waals surface area contributed by atoms with E-state index in [1.54, 1.807) is 24.3 Å². The molecule has 1 N–H and O–H groups in total. The van der Waals surface area contributed by atoms with Gasteiger partial charge < -0.3 is 9.94 Å². The van der Waals surface area contributed by atoms with E-state index in [-0.39, 0.29) is 29.8 Å². The van der Waals surface area contributed by atoms with Crippen LogP contribution in [0.5, 0.6) is 0 Å². The number of hydrogen-bond donors (Lipinski definition) is 1. The normalized spacial score (nSPS) is 21.9. The first kappa shape index (κ1) is 15.2. The quantitative estimate of drug-likeness (QED) is 0.519. The van der Waals surface area contributed by atoms with Crippen molar-refractivity contribution in [1.82, 2.24) is 4.31 Å². The monoisotopic (exact) mass is 318 g/mol. The summed E-state index contributed by atoms with van der Waals surface area (Å²) in [5, 5.41) is 11.3. The van der Waals surface area contributed by atoms with Crippen LogP contribution in [0.3, 0.4) is 0 Å². The molecule has 1 aromatic carbocycles. The first-order chi connectivity index (χ1) is 9.45. The number of benzene rings is 1. The minimum atomic E-state index is -3.60. The molecule has 8 heteroatoms. The topological polar surface area (TPSA) is 79.2 Å². The van der Waals surface area contributed by atoms with Crippen LogP contribution in [-0.4, -0.2) is 48.9 Å². The van der Waals surface area contributed by atoms with Gasteiger partial charge in [-0.15, -0.1) is 0 Å². The molecule has 6 nitrogen and oxygen atoms in total. The first-order valence-corrected chi connectivity index (χ1v) is 7.83. The molecule has 1 heterocycles. The summed E-state index contributed by atoms with van der Waals surface area (Å²) in [5.74, 6) is 0. The minimum Gasteiger partial charge on any atom is -0.410 e. The number of aryl methyl sites for hydroxylation is 1. The second-order valence-electron chi connectivity index (χ2n) is 4.46. The third kappa shape index (κ3) is 3.12. The second-order valence-corrected chi connectivity index (χ2v) is 6.78. The van der Waals surface area contributed by atoms with Gasteiger partial charge in [-0.3, -0.25) is 0 Å². The number of halogens is 1. The van der Waals surface area contributed by atoms with Gasteiger partial charge in [0.25, 0.3) is 0 Å². The fourth-order valence-corrected chi connectivity index (χ4v) is 3.47. The molecule has 0 spiro atoms. The van der Waals surface area contributed by atoms with E-state index in [0.29, 0.717) is 0 Å². The van der Waals surface area contributed by atoms with Gasteiger partial charge in [0.15, 0.2) is 5.17 Å². The third-order valence-corrected chi connectivity index (χ3v) is 5.25. The number of sulfonamides is 1. The van der Waals surface area contributed by atoms with Crippen molar-refractivity contribution in [2.45, 2.75) is 17.9 Å². The highest BCUT2D eigenvalue weighted by atomic mass is 35.5. The van der Waals surface area contributed by atoms with E-state index in [4.69, 9.17) is 21.5 Å².